The molecule has 0 saturated carbocycles. The SMILES string of the molecule is C=C(NCCCC)c1ccc(NCc2cnc3c(n2)C(=C)NC(N)=N3)cc1.C=CNCCNC(=C)c1ccc(C)c(C2=C3C=C(F)C(=O)C=C3Cc3ccc(F)cc32)c1. The molecule has 7 rings (SSSR count). The molecule has 0 amide bonds. The zero-order chi connectivity index (χ0) is 42.1. The summed E-state index contributed by atoms with van der Waals surface area (Å²) >= 11 is 0. The van der Waals surface area contributed by atoms with Gasteiger partial charge in [-0.15, -0.1) is 0 Å². The Labute approximate surface area is 344 Å². The number of nitrogens with one attached hydrogen (secondary N) is 5. The number of aromatic nitrogens is 2. The molecule has 3 aromatic carbocycles. The molecular weight excluding hydrogens is 745 g/mol. The van der Waals surface area contributed by atoms with E-state index in [1.807, 2.05) is 49.4 Å². The Hall–Kier alpha value is -7.08. The molecule has 0 radical (unpaired) electrons. The number of ketones is 1. The van der Waals surface area contributed by atoms with Crippen LogP contribution in [0.25, 0.3) is 22.7 Å². The summed E-state index contributed by atoms with van der Waals surface area (Å²) in [5.41, 5.74) is 17.8. The first kappa shape index (κ1) is 41.6. The third kappa shape index (κ3) is 10.1. The number of guanidine groups is 1. The van der Waals surface area contributed by atoms with Crippen molar-refractivity contribution in [1.29, 1.82) is 0 Å². The van der Waals surface area contributed by atoms with Gasteiger partial charge < -0.3 is 32.3 Å². The standard InChI is InChI=1S/C27H24F2N2O.C20H25N7/c1-4-30-9-10-31-17(3)18-6-5-16(2)22(12-18)27-23-14-21(28)8-7-19(23)11-20-13-26(32)25(29)15-24(20)27;1-4-5-10-22-13(2)15-6-8-16(9-7-15)23-11-17-12-24-19-18(26-17)14(3)25-20(21)27-19/h4-8,12-15,30-31H,1,3,9-11H2,2H3;6-9,12,22-23H,2-5,10-11H2,1H3,(H3,21,24,25,27). The summed E-state index contributed by atoms with van der Waals surface area (Å²) < 4.78 is 28.6. The van der Waals surface area contributed by atoms with Crippen molar-refractivity contribution in [3.05, 3.63) is 179 Å². The van der Waals surface area contributed by atoms with E-state index in [4.69, 9.17) is 5.73 Å². The first-order chi connectivity index (χ1) is 28.4. The minimum absolute atomic E-state index is 0.276. The van der Waals surface area contributed by atoms with Gasteiger partial charge in [-0.3, -0.25) is 4.79 Å². The minimum atomic E-state index is -0.810. The number of hydrogen-bond acceptors (Lipinski definition) is 10. The summed E-state index contributed by atoms with van der Waals surface area (Å²) in [6.45, 7) is 22.7. The highest BCUT2D eigenvalue weighted by molar-refractivity contribution is 6.07. The van der Waals surface area contributed by atoms with Gasteiger partial charge in [0.15, 0.2) is 17.6 Å². The van der Waals surface area contributed by atoms with Gasteiger partial charge >= 0.3 is 0 Å². The van der Waals surface area contributed by atoms with Crippen molar-refractivity contribution in [3.8, 4) is 0 Å². The number of benzene rings is 3. The summed E-state index contributed by atoms with van der Waals surface area (Å²) in [7, 11) is 0. The van der Waals surface area contributed by atoms with Crippen LogP contribution in [0.4, 0.5) is 20.3 Å². The minimum Gasteiger partial charge on any atom is -0.390 e. The van der Waals surface area contributed by atoms with Crippen molar-refractivity contribution in [2.24, 2.45) is 10.7 Å². The molecule has 0 atom stereocenters. The Morgan fingerprint density at radius 3 is 2.46 bits per heavy atom. The number of nitrogens with two attached hydrogens (primary N) is 1. The highest BCUT2D eigenvalue weighted by Gasteiger charge is 2.29. The summed E-state index contributed by atoms with van der Waals surface area (Å²) in [6, 6.07) is 18.7. The van der Waals surface area contributed by atoms with E-state index < -0.39 is 11.6 Å². The molecule has 0 bridgehead atoms. The van der Waals surface area contributed by atoms with Gasteiger partial charge in [-0.2, -0.15) is 4.99 Å². The van der Waals surface area contributed by atoms with Crippen LogP contribution in [-0.2, 0) is 17.8 Å². The molecular formula is C47H49F2N9O. The number of hydrogen-bond donors (Lipinski definition) is 6. The first-order valence-electron chi connectivity index (χ1n) is 19.4. The van der Waals surface area contributed by atoms with Crippen molar-refractivity contribution in [1.82, 2.24) is 31.2 Å². The van der Waals surface area contributed by atoms with E-state index in [2.05, 4.69) is 74.8 Å². The fraction of sp³-hybridized carbons (Fsp3) is 0.191. The highest BCUT2D eigenvalue weighted by atomic mass is 19.1. The molecule has 2 aliphatic carbocycles. The maximum Gasteiger partial charge on any atom is 0.214 e. The number of nitrogens with zero attached hydrogens (tertiary/aromatic N) is 3. The molecule has 59 heavy (non-hydrogen) atoms. The maximum absolute atomic E-state index is 14.3. The van der Waals surface area contributed by atoms with E-state index in [9.17, 15) is 13.6 Å². The van der Waals surface area contributed by atoms with Crippen LogP contribution in [0.15, 0.2) is 133 Å². The molecule has 12 heteroatoms. The molecule has 7 N–H and O–H groups in total. The van der Waals surface area contributed by atoms with Crippen LogP contribution in [0.5, 0.6) is 0 Å². The lowest BCUT2D eigenvalue weighted by Crippen LogP contribution is -2.32. The summed E-state index contributed by atoms with van der Waals surface area (Å²) in [5, 5.41) is 15.9. The number of unbranched alkanes of at least 4 members (excludes halogenated alkanes) is 1. The van der Waals surface area contributed by atoms with E-state index in [0.717, 1.165) is 81.1 Å². The smallest absolute Gasteiger partial charge is 0.214 e. The molecule has 302 valence electrons. The van der Waals surface area contributed by atoms with Gasteiger partial charge in [0.25, 0.3) is 0 Å². The monoisotopic (exact) mass is 793 g/mol. The number of fused-ring (bicyclic) bond motifs is 3. The maximum atomic E-state index is 14.3. The van der Waals surface area contributed by atoms with Gasteiger partial charge in [0.05, 0.1) is 24.1 Å². The molecule has 0 unspecified atom stereocenters. The van der Waals surface area contributed by atoms with Gasteiger partial charge in [-0.25, -0.2) is 18.7 Å². The van der Waals surface area contributed by atoms with E-state index in [1.54, 1.807) is 18.5 Å². The van der Waals surface area contributed by atoms with E-state index in [-0.39, 0.29) is 11.8 Å². The predicted octanol–water partition coefficient (Wildman–Crippen LogP) is 8.12. The van der Waals surface area contributed by atoms with E-state index >= 15 is 0 Å². The molecule has 1 aliphatic heterocycles. The van der Waals surface area contributed by atoms with Gasteiger partial charge in [-0.1, -0.05) is 70.0 Å². The number of aryl methyl sites for hydroxylation is 1. The normalized spacial score (nSPS) is 13.8. The van der Waals surface area contributed by atoms with Gasteiger partial charge in [-0.05, 0) is 119 Å². The Kier molecular flexibility index (Phi) is 13.3. The van der Waals surface area contributed by atoms with Crippen LogP contribution >= 0.6 is 0 Å². The van der Waals surface area contributed by atoms with Crippen LogP contribution in [-0.4, -0.2) is 41.3 Å². The molecule has 2 heterocycles. The van der Waals surface area contributed by atoms with Crippen molar-refractivity contribution >= 4 is 45.9 Å². The highest BCUT2D eigenvalue weighted by Crippen LogP contribution is 2.43. The average molecular weight is 794 g/mol. The third-order valence-electron chi connectivity index (χ3n) is 9.93. The number of aliphatic imine (C=N–C) groups is 1. The zero-order valence-corrected chi connectivity index (χ0v) is 33.4. The van der Waals surface area contributed by atoms with Crippen LogP contribution < -0.4 is 32.3 Å². The van der Waals surface area contributed by atoms with Crippen molar-refractivity contribution in [2.75, 3.05) is 25.0 Å². The first-order valence-corrected chi connectivity index (χ1v) is 19.4. The molecule has 4 aromatic rings. The number of anilines is 1. The van der Waals surface area contributed by atoms with Crippen molar-refractivity contribution in [2.45, 2.75) is 39.7 Å². The largest absolute Gasteiger partial charge is 0.390 e. The molecule has 10 nitrogen and oxygen atoms in total. The Morgan fingerprint density at radius 2 is 1.69 bits per heavy atom. The molecule has 0 spiro atoms. The number of allylic oxidation sites excluding steroid dienone is 5. The van der Waals surface area contributed by atoms with Crippen LogP contribution in [0, 0.1) is 12.7 Å². The summed E-state index contributed by atoms with van der Waals surface area (Å²) in [4.78, 5) is 25.0. The fourth-order valence-corrected chi connectivity index (χ4v) is 6.76. The molecule has 0 fully saturated rings. The van der Waals surface area contributed by atoms with Crippen LogP contribution in [0.3, 0.4) is 0 Å². The van der Waals surface area contributed by atoms with Crippen LogP contribution in [0.2, 0.25) is 0 Å². The topological polar surface area (TPSA) is 141 Å². The van der Waals surface area contributed by atoms with Crippen LogP contribution in [0.1, 0.15) is 64.5 Å². The van der Waals surface area contributed by atoms with E-state index in [1.165, 1.54) is 24.3 Å². The van der Waals surface area contributed by atoms with E-state index in [0.29, 0.717) is 54.4 Å². The Balaban J connectivity index is 0.000000201. The second-order valence-corrected chi connectivity index (χ2v) is 14.2. The van der Waals surface area contributed by atoms with Gasteiger partial charge in [0.2, 0.25) is 5.78 Å². The molecule has 0 saturated heterocycles. The number of carbonyl (C=O) groups is 1. The summed E-state index contributed by atoms with van der Waals surface area (Å²) in [6.07, 6.45) is 8.71. The predicted molar refractivity (Wildman–Crippen MR) is 236 cm³/mol. The van der Waals surface area contributed by atoms with Gasteiger partial charge in [0.1, 0.15) is 11.5 Å². The Morgan fingerprint density at radius 1 is 0.949 bits per heavy atom. The quantitative estimate of drug-likeness (QED) is 0.0659. The second kappa shape index (κ2) is 18.9. The number of rotatable bonds is 15. The molecule has 1 aromatic heterocycles. The third-order valence-corrected chi connectivity index (χ3v) is 9.93. The average Bonchev–Trinajstić information content (AvgIpc) is 3.22. The lowest BCUT2D eigenvalue weighted by atomic mass is 9.76. The lowest BCUT2D eigenvalue weighted by molar-refractivity contribution is -0.112. The number of carbonyl (C=O) groups excluding carboxylic acids is 1. The summed E-state index contributed by atoms with van der Waals surface area (Å²) in [5.74, 6) is -1.04. The fourth-order valence-electron chi connectivity index (χ4n) is 6.76. The zero-order valence-electron chi connectivity index (χ0n) is 33.4. The Bertz CT molecular complexity index is 2440. The molecule has 3 aliphatic rings. The lowest BCUT2D eigenvalue weighted by Gasteiger charge is -2.27. The van der Waals surface area contributed by atoms with Gasteiger partial charge in [0, 0.05) is 36.7 Å². The van der Waals surface area contributed by atoms with Crippen molar-refractivity contribution in [3.63, 3.8) is 0 Å². The number of halogens is 2. The second-order valence-electron chi connectivity index (χ2n) is 14.2. The van der Waals surface area contributed by atoms with Crippen molar-refractivity contribution < 1.29 is 13.6 Å².